The second-order valence-corrected chi connectivity index (χ2v) is 6.13. The first-order valence-electron chi connectivity index (χ1n) is 7.34. The summed E-state index contributed by atoms with van der Waals surface area (Å²) in [5.74, 6) is -0.479. The molecule has 3 aromatic rings. The molecule has 2 aromatic heterocycles. The van der Waals surface area contributed by atoms with Crippen molar-refractivity contribution in [2.75, 3.05) is 18.4 Å². The number of rotatable bonds is 5. The molecule has 2 N–H and O–H groups in total. The Morgan fingerprint density at radius 1 is 1.12 bits per heavy atom. The maximum absolute atomic E-state index is 12.4. The molecule has 3 rings (SSSR count). The Balaban J connectivity index is 1.49. The number of benzene rings is 1. The van der Waals surface area contributed by atoms with Gasteiger partial charge < -0.3 is 10.6 Å². The minimum Gasteiger partial charge on any atom is -0.360 e. The van der Waals surface area contributed by atoms with Crippen molar-refractivity contribution in [1.29, 1.82) is 0 Å². The number of hydrogen-bond donors (Lipinski definition) is 2. The van der Waals surface area contributed by atoms with E-state index in [9.17, 15) is 18.0 Å². The number of para-hydroxylation sites is 1. The highest BCUT2D eigenvalue weighted by Gasteiger charge is 2.32. The second-order valence-electron chi connectivity index (χ2n) is 5.10. The number of halogens is 3. The molecule has 0 atom stereocenters. The van der Waals surface area contributed by atoms with Crippen LogP contribution >= 0.6 is 11.3 Å². The molecule has 1 amide bonds. The number of nitrogens with one attached hydrogen (secondary N) is 2. The number of nitrogens with zero attached hydrogens (tertiary/aromatic N) is 2. The monoisotopic (exact) mass is 366 g/mol. The zero-order chi connectivity index (χ0) is 17.9. The number of hydrogen-bond acceptors (Lipinski definition) is 5. The molecule has 0 fully saturated rings. The summed E-state index contributed by atoms with van der Waals surface area (Å²) in [7, 11) is 0. The van der Waals surface area contributed by atoms with E-state index in [1.165, 1.54) is 11.3 Å². The Bertz CT molecular complexity index is 844. The van der Waals surface area contributed by atoms with E-state index in [-0.39, 0.29) is 5.56 Å². The highest BCUT2D eigenvalue weighted by Crippen LogP contribution is 2.27. The lowest BCUT2D eigenvalue weighted by Crippen LogP contribution is -2.29. The van der Waals surface area contributed by atoms with Gasteiger partial charge in [-0.1, -0.05) is 23.5 Å². The standard InChI is InChI=1S/C16H13F3N4OS/c17-16(18,19)13-6-5-10(9-22-13)14(24)20-7-8-21-15-23-11-3-1-2-4-12(11)25-15/h1-6,9H,7-8H2,(H,20,24)(H,21,23). The molecule has 0 radical (unpaired) electrons. The van der Waals surface area contributed by atoms with Gasteiger partial charge in [0, 0.05) is 19.3 Å². The SMILES string of the molecule is O=C(NCCNc1nc2ccccc2s1)c1ccc(C(F)(F)F)nc1. The van der Waals surface area contributed by atoms with Gasteiger partial charge in [0.1, 0.15) is 5.69 Å². The van der Waals surface area contributed by atoms with E-state index in [1.807, 2.05) is 24.3 Å². The average molecular weight is 366 g/mol. The van der Waals surface area contributed by atoms with Crippen LogP contribution in [0, 0.1) is 0 Å². The Hall–Kier alpha value is -2.68. The third-order valence-electron chi connectivity index (χ3n) is 3.30. The molecule has 0 saturated carbocycles. The summed E-state index contributed by atoms with van der Waals surface area (Å²) in [6.45, 7) is 0.745. The van der Waals surface area contributed by atoms with Crippen LogP contribution in [0.1, 0.15) is 16.1 Å². The van der Waals surface area contributed by atoms with Crippen LogP contribution < -0.4 is 10.6 Å². The zero-order valence-electron chi connectivity index (χ0n) is 12.8. The molecular formula is C16H13F3N4OS. The number of fused-ring (bicyclic) bond motifs is 1. The number of alkyl halides is 3. The topological polar surface area (TPSA) is 66.9 Å². The molecule has 2 heterocycles. The normalized spacial score (nSPS) is 11.5. The number of carbonyl (C=O) groups excluding carboxylic acids is 1. The fourth-order valence-electron chi connectivity index (χ4n) is 2.09. The van der Waals surface area contributed by atoms with Gasteiger partial charge in [-0.2, -0.15) is 13.2 Å². The first kappa shape index (κ1) is 17.2. The molecule has 9 heteroatoms. The van der Waals surface area contributed by atoms with E-state index in [2.05, 4.69) is 20.6 Å². The first-order valence-corrected chi connectivity index (χ1v) is 8.16. The summed E-state index contributed by atoms with van der Waals surface area (Å²) in [6, 6.07) is 9.61. The van der Waals surface area contributed by atoms with Crippen molar-refractivity contribution in [3.8, 4) is 0 Å². The molecule has 0 bridgehead atoms. The number of carbonyl (C=O) groups is 1. The Labute approximate surface area is 144 Å². The summed E-state index contributed by atoms with van der Waals surface area (Å²) in [6.07, 6.45) is -3.60. The minimum absolute atomic E-state index is 0.0768. The minimum atomic E-state index is -4.52. The highest BCUT2D eigenvalue weighted by molar-refractivity contribution is 7.22. The molecule has 1 aromatic carbocycles. The molecule has 130 valence electrons. The largest absolute Gasteiger partial charge is 0.433 e. The van der Waals surface area contributed by atoms with Crippen LogP contribution in [0.4, 0.5) is 18.3 Å². The summed E-state index contributed by atoms with van der Waals surface area (Å²) in [5, 5.41) is 6.46. The van der Waals surface area contributed by atoms with Gasteiger partial charge in [0.05, 0.1) is 15.8 Å². The van der Waals surface area contributed by atoms with Gasteiger partial charge in [-0.15, -0.1) is 0 Å². The first-order chi connectivity index (χ1) is 11.9. The van der Waals surface area contributed by atoms with Gasteiger partial charge in [-0.05, 0) is 24.3 Å². The van der Waals surface area contributed by atoms with Gasteiger partial charge in [0.2, 0.25) is 0 Å². The molecule has 25 heavy (non-hydrogen) atoms. The Morgan fingerprint density at radius 2 is 1.92 bits per heavy atom. The summed E-state index contributed by atoms with van der Waals surface area (Å²) < 4.78 is 38.4. The van der Waals surface area contributed by atoms with Crippen molar-refractivity contribution in [2.24, 2.45) is 0 Å². The van der Waals surface area contributed by atoms with Crippen molar-refractivity contribution >= 4 is 32.6 Å². The fraction of sp³-hybridized carbons (Fsp3) is 0.188. The predicted octanol–water partition coefficient (Wildman–Crippen LogP) is 3.55. The molecule has 0 aliphatic carbocycles. The smallest absolute Gasteiger partial charge is 0.360 e. The van der Waals surface area contributed by atoms with Gasteiger partial charge in [0.25, 0.3) is 5.91 Å². The summed E-state index contributed by atoms with van der Waals surface area (Å²) >= 11 is 1.50. The van der Waals surface area contributed by atoms with Crippen molar-refractivity contribution < 1.29 is 18.0 Å². The lowest BCUT2D eigenvalue weighted by Gasteiger charge is -2.08. The molecular weight excluding hydrogens is 353 g/mol. The number of thiazole rings is 1. The van der Waals surface area contributed by atoms with Crippen LogP contribution in [-0.2, 0) is 6.18 Å². The van der Waals surface area contributed by atoms with Crippen LogP contribution in [0.25, 0.3) is 10.2 Å². The van der Waals surface area contributed by atoms with Gasteiger partial charge >= 0.3 is 6.18 Å². The van der Waals surface area contributed by atoms with Crippen molar-refractivity contribution in [3.63, 3.8) is 0 Å². The average Bonchev–Trinajstić information content (AvgIpc) is 3.00. The molecule has 0 aliphatic rings. The Morgan fingerprint density at radius 3 is 2.60 bits per heavy atom. The van der Waals surface area contributed by atoms with Crippen LogP contribution in [0.3, 0.4) is 0 Å². The third kappa shape index (κ3) is 4.24. The number of aromatic nitrogens is 2. The van der Waals surface area contributed by atoms with E-state index >= 15 is 0 Å². The summed E-state index contributed by atoms with van der Waals surface area (Å²) in [5.41, 5.74) is -0.0515. The van der Waals surface area contributed by atoms with E-state index < -0.39 is 17.8 Å². The van der Waals surface area contributed by atoms with E-state index in [0.29, 0.717) is 13.1 Å². The maximum atomic E-state index is 12.4. The molecule has 5 nitrogen and oxygen atoms in total. The van der Waals surface area contributed by atoms with E-state index in [4.69, 9.17) is 0 Å². The van der Waals surface area contributed by atoms with E-state index in [1.54, 1.807) is 0 Å². The predicted molar refractivity (Wildman–Crippen MR) is 89.7 cm³/mol. The summed E-state index contributed by atoms with van der Waals surface area (Å²) in [4.78, 5) is 19.5. The molecule has 0 aliphatic heterocycles. The Kier molecular flexibility index (Phi) is 4.84. The van der Waals surface area contributed by atoms with Crippen molar-refractivity contribution in [1.82, 2.24) is 15.3 Å². The third-order valence-corrected chi connectivity index (χ3v) is 4.29. The van der Waals surface area contributed by atoms with Crippen molar-refractivity contribution in [2.45, 2.75) is 6.18 Å². The molecule has 0 unspecified atom stereocenters. The lowest BCUT2D eigenvalue weighted by atomic mass is 10.2. The highest BCUT2D eigenvalue weighted by atomic mass is 32.1. The lowest BCUT2D eigenvalue weighted by molar-refractivity contribution is -0.141. The van der Waals surface area contributed by atoms with Crippen LogP contribution in [0.2, 0.25) is 0 Å². The number of anilines is 1. The van der Waals surface area contributed by atoms with Crippen LogP contribution in [-0.4, -0.2) is 29.0 Å². The number of pyridine rings is 1. The quantitative estimate of drug-likeness (QED) is 0.678. The van der Waals surface area contributed by atoms with Gasteiger partial charge in [-0.25, -0.2) is 4.98 Å². The van der Waals surface area contributed by atoms with Gasteiger partial charge in [0.15, 0.2) is 5.13 Å². The number of amides is 1. The maximum Gasteiger partial charge on any atom is 0.433 e. The van der Waals surface area contributed by atoms with E-state index in [0.717, 1.165) is 33.7 Å². The van der Waals surface area contributed by atoms with Gasteiger partial charge in [-0.3, -0.25) is 9.78 Å². The molecule has 0 saturated heterocycles. The van der Waals surface area contributed by atoms with Crippen molar-refractivity contribution in [3.05, 3.63) is 53.9 Å². The molecule has 0 spiro atoms. The second kappa shape index (κ2) is 7.06. The van der Waals surface area contributed by atoms with Crippen LogP contribution in [0.15, 0.2) is 42.6 Å². The fourth-order valence-corrected chi connectivity index (χ4v) is 2.98. The van der Waals surface area contributed by atoms with Crippen LogP contribution in [0.5, 0.6) is 0 Å². The zero-order valence-corrected chi connectivity index (χ0v) is 13.6.